The second-order valence-electron chi connectivity index (χ2n) is 9.42. The summed E-state index contributed by atoms with van der Waals surface area (Å²) in [5.41, 5.74) is 4.09. The van der Waals surface area contributed by atoms with E-state index in [2.05, 4.69) is 27.2 Å². The molecule has 3 aliphatic rings. The molecule has 3 aliphatic heterocycles. The number of methoxy groups -OCH3 is 1. The fraction of sp³-hybridized carbons (Fsp3) is 0.423. The van der Waals surface area contributed by atoms with E-state index in [4.69, 9.17) is 4.74 Å². The Labute approximate surface area is 203 Å². The Bertz CT molecular complexity index is 1190. The fourth-order valence-electron chi connectivity index (χ4n) is 5.33. The van der Waals surface area contributed by atoms with E-state index in [-0.39, 0.29) is 31.2 Å². The van der Waals surface area contributed by atoms with Crippen LogP contribution in [0.15, 0.2) is 30.3 Å². The highest BCUT2D eigenvalue weighted by atomic mass is 19.1. The van der Waals surface area contributed by atoms with Crippen LogP contribution in [-0.4, -0.2) is 66.9 Å². The molecule has 5 rings (SSSR count). The molecule has 1 N–H and O–H groups in total. The molecule has 2 aromatic rings. The van der Waals surface area contributed by atoms with Crippen molar-refractivity contribution in [1.29, 1.82) is 0 Å². The first kappa shape index (κ1) is 23.3. The van der Waals surface area contributed by atoms with Crippen LogP contribution < -0.4 is 15.0 Å². The van der Waals surface area contributed by atoms with Crippen molar-refractivity contribution in [2.24, 2.45) is 0 Å². The van der Waals surface area contributed by atoms with Crippen LogP contribution in [0.1, 0.15) is 39.9 Å². The molecule has 2 saturated heterocycles. The third-order valence-electron chi connectivity index (χ3n) is 7.18. The zero-order chi connectivity index (χ0) is 24.7. The van der Waals surface area contributed by atoms with E-state index >= 15 is 0 Å². The van der Waals surface area contributed by atoms with Crippen molar-refractivity contribution in [3.63, 3.8) is 0 Å². The van der Waals surface area contributed by atoms with Crippen LogP contribution in [0.5, 0.6) is 5.75 Å². The Morgan fingerprint density at radius 3 is 2.54 bits per heavy atom. The van der Waals surface area contributed by atoms with Gasteiger partial charge in [-0.25, -0.2) is 4.39 Å². The summed E-state index contributed by atoms with van der Waals surface area (Å²) < 4.78 is 19.9. The summed E-state index contributed by atoms with van der Waals surface area (Å²) in [6.45, 7) is 6.12. The molecule has 0 radical (unpaired) electrons. The molecule has 2 aromatic carbocycles. The lowest BCUT2D eigenvalue weighted by atomic mass is 10.0. The van der Waals surface area contributed by atoms with Crippen molar-refractivity contribution in [3.8, 4) is 5.75 Å². The molecule has 184 valence electrons. The average molecular weight is 481 g/mol. The first-order chi connectivity index (χ1) is 16.8. The number of anilines is 1. The Kier molecular flexibility index (Phi) is 6.19. The van der Waals surface area contributed by atoms with Gasteiger partial charge in [0.2, 0.25) is 11.8 Å². The number of carbonyl (C=O) groups is 3. The Morgan fingerprint density at radius 2 is 1.86 bits per heavy atom. The molecule has 0 aliphatic carbocycles. The molecular formula is C26H29FN4O4. The first-order valence-electron chi connectivity index (χ1n) is 11.9. The number of ether oxygens (including phenoxy) is 1. The zero-order valence-corrected chi connectivity index (χ0v) is 20.0. The van der Waals surface area contributed by atoms with Gasteiger partial charge in [-0.3, -0.25) is 24.6 Å². The molecule has 9 heteroatoms. The standard InChI is InChI=1S/C26H29FN4O4/c1-16-11-17(3-5-23(16)35-2)14-29-7-9-30(10-8-29)22-13-18(27)12-19-20(22)15-31(26(19)34)21-4-6-24(32)28-25(21)33/h3,5,11-13,21H,4,6-10,14-15H2,1-2H3,(H,28,32,33). The van der Waals surface area contributed by atoms with E-state index < -0.39 is 17.8 Å². The third kappa shape index (κ3) is 4.48. The predicted octanol–water partition coefficient (Wildman–Crippen LogP) is 2.23. The zero-order valence-electron chi connectivity index (χ0n) is 20.0. The van der Waals surface area contributed by atoms with Gasteiger partial charge in [0.15, 0.2) is 0 Å². The summed E-state index contributed by atoms with van der Waals surface area (Å²) in [5.74, 6) is -0.742. The van der Waals surface area contributed by atoms with Crippen LogP contribution in [0.4, 0.5) is 10.1 Å². The van der Waals surface area contributed by atoms with Crippen LogP contribution in [0, 0.1) is 12.7 Å². The summed E-state index contributed by atoms with van der Waals surface area (Å²) in [4.78, 5) is 42.9. The van der Waals surface area contributed by atoms with Crippen LogP contribution in [0.25, 0.3) is 0 Å². The highest BCUT2D eigenvalue weighted by molar-refractivity contribution is 6.06. The number of fused-ring (bicyclic) bond motifs is 1. The van der Waals surface area contributed by atoms with Crippen molar-refractivity contribution >= 4 is 23.4 Å². The van der Waals surface area contributed by atoms with Gasteiger partial charge >= 0.3 is 0 Å². The maximum Gasteiger partial charge on any atom is 0.255 e. The number of imide groups is 1. The van der Waals surface area contributed by atoms with Gasteiger partial charge < -0.3 is 14.5 Å². The number of amides is 3. The Morgan fingerprint density at radius 1 is 1.09 bits per heavy atom. The first-order valence-corrected chi connectivity index (χ1v) is 11.9. The number of halogens is 1. The minimum atomic E-state index is -0.715. The maximum atomic E-state index is 14.6. The van der Waals surface area contributed by atoms with Gasteiger partial charge in [0.25, 0.3) is 5.91 Å². The number of hydrogen-bond acceptors (Lipinski definition) is 6. The van der Waals surface area contributed by atoms with Crippen LogP contribution >= 0.6 is 0 Å². The number of aryl methyl sites for hydroxylation is 1. The molecule has 35 heavy (non-hydrogen) atoms. The van der Waals surface area contributed by atoms with E-state index in [0.29, 0.717) is 24.3 Å². The highest BCUT2D eigenvalue weighted by Gasteiger charge is 2.41. The van der Waals surface area contributed by atoms with Crippen molar-refractivity contribution in [2.45, 2.75) is 38.9 Å². The Balaban J connectivity index is 1.29. The number of carbonyl (C=O) groups excluding carboxylic acids is 3. The third-order valence-corrected chi connectivity index (χ3v) is 7.18. The average Bonchev–Trinajstić information content (AvgIpc) is 3.15. The molecule has 3 amide bonds. The van der Waals surface area contributed by atoms with Gasteiger partial charge in [-0.05, 0) is 42.7 Å². The number of rotatable bonds is 5. The lowest BCUT2D eigenvalue weighted by Gasteiger charge is -2.37. The lowest BCUT2D eigenvalue weighted by molar-refractivity contribution is -0.136. The van der Waals surface area contributed by atoms with Gasteiger partial charge in [0, 0.05) is 62.5 Å². The van der Waals surface area contributed by atoms with Crippen molar-refractivity contribution < 1.29 is 23.5 Å². The highest BCUT2D eigenvalue weighted by Crippen LogP contribution is 2.35. The largest absolute Gasteiger partial charge is 0.496 e. The topological polar surface area (TPSA) is 82.2 Å². The van der Waals surface area contributed by atoms with Gasteiger partial charge in [-0.15, -0.1) is 0 Å². The maximum absolute atomic E-state index is 14.6. The molecule has 0 saturated carbocycles. The summed E-state index contributed by atoms with van der Waals surface area (Å²) in [7, 11) is 1.67. The fourth-order valence-corrected chi connectivity index (χ4v) is 5.33. The van der Waals surface area contributed by atoms with E-state index in [1.165, 1.54) is 22.6 Å². The summed E-state index contributed by atoms with van der Waals surface area (Å²) in [5, 5.41) is 2.31. The number of nitrogens with zero attached hydrogens (tertiary/aromatic N) is 3. The molecule has 3 heterocycles. The van der Waals surface area contributed by atoms with Gasteiger partial charge in [0.05, 0.1) is 7.11 Å². The molecule has 8 nitrogen and oxygen atoms in total. The number of benzene rings is 2. The van der Waals surface area contributed by atoms with E-state index in [0.717, 1.165) is 36.5 Å². The monoisotopic (exact) mass is 480 g/mol. The second kappa shape index (κ2) is 9.30. The Hall–Kier alpha value is -3.46. The summed E-state index contributed by atoms with van der Waals surface area (Å²) >= 11 is 0. The molecule has 0 bridgehead atoms. The van der Waals surface area contributed by atoms with Gasteiger partial charge in [-0.1, -0.05) is 12.1 Å². The molecular weight excluding hydrogens is 451 g/mol. The summed E-state index contributed by atoms with van der Waals surface area (Å²) in [6, 6.07) is 8.24. The van der Waals surface area contributed by atoms with Crippen molar-refractivity contribution in [2.75, 3.05) is 38.2 Å². The van der Waals surface area contributed by atoms with E-state index in [1.807, 2.05) is 13.0 Å². The second-order valence-corrected chi connectivity index (χ2v) is 9.42. The smallest absolute Gasteiger partial charge is 0.255 e. The number of hydrogen-bond donors (Lipinski definition) is 1. The number of piperazine rings is 1. The minimum absolute atomic E-state index is 0.188. The predicted molar refractivity (Wildman–Crippen MR) is 128 cm³/mol. The number of piperidine rings is 1. The van der Waals surface area contributed by atoms with Crippen molar-refractivity contribution in [1.82, 2.24) is 15.1 Å². The molecule has 2 fully saturated rings. The number of nitrogens with one attached hydrogen (secondary N) is 1. The molecule has 1 unspecified atom stereocenters. The van der Waals surface area contributed by atoms with E-state index in [9.17, 15) is 18.8 Å². The molecule has 0 spiro atoms. The van der Waals surface area contributed by atoms with Gasteiger partial charge in [-0.2, -0.15) is 0 Å². The molecule has 1 atom stereocenters. The van der Waals surface area contributed by atoms with E-state index in [1.54, 1.807) is 7.11 Å². The minimum Gasteiger partial charge on any atom is -0.496 e. The summed E-state index contributed by atoms with van der Waals surface area (Å²) in [6.07, 6.45) is 0.471. The lowest BCUT2D eigenvalue weighted by Crippen LogP contribution is -2.52. The van der Waals surface area contributed by atoms with Gasteiger partial charge in [0.1, 0.15) is 17.6 Å². The normalized spacial score (nSPS) is 20.8. The van der Waals surface area contributed by atoms with Crippen LogP contribution in [0.2, 0.25) is 0 Å². The van der Waals surface area contributed by atoms with Crippen LogP contribution in [0.3, 0.4) is 0 Å². The van der Waals surface area contributed by atoms with Crippen molar-refractivity contribution in [3.05, 3.63) is 58.4 Å². The van der Waals surface area contributed by atoms with Crippen LogP contribution in [-0.2, 0) is 22.7 Å². The molecule has 0 aromatic heterocycles. The quantitative estimate of drug-likeness (QED) is 0.661. The SMILES string of the molecule is COc1ccc(CN2CCN(c3cc(F)cc4c3CN(C3CCC(=O)NC3=O)C4=O)CC2)cc1C.